The van der Waals surface area contributed by atoms with Crippen molar-refractivity contribution in [1.82, 2.24) is 4.90 Å². The molecular formula is C29H33Cl2F2NO4. The van der Waals surface area contributed by atoms with Gasteiger partial charge in [0.15, 0.2) is 0 Å². The summed E-state index contributed by atoms with van der Waals surface area (Å²) >= 11 is 12.4. The fraction of sp³-hybridized carbons (Fsp3) is 0.552. The molecule has 0 bridgehead atoms. The summed E-state index contributed by atoms with van der Waals surface area (Å²) in [5.41, 5.74) is 2.45. The Labute approximate surface area is 232 Å². The number of carbonyl (C=O) groups is 1. The molecule has 0 amide bonds. The Morgan fingerprint density at radius 3 is 2.47 bits per heavy atom. The Morgan fingerprint density at radius 1 is 1.13 bits per heavy atom. The average Bonchev–Trinajstić information content (AvgIpc) is 3.70. The second kappa shape index (κ2) is 10.8. The number of aliphatic carboxylic acids is 1. The Bertz CT molecular complexity index is 1200. The molecule has 9 heteroatoms. The maximum absolute atomic E-state index is 13.1. The number of hydrogen-bond acceptors (Lipinski definition) is 4. The third-order valence-electron chi connectivity index (χ3n) is 8.66. The van der Waals surface area contributed by atoms with Gasteiger partial charge in [-0.1, -0.05) is 42.3 Å². The highest BCUT2D eigenvalue weighted by Crippen LogP contribution is 2.49. The molecule has 5 nitrogen and oxygen atoms in total. The van der Waals surface area contributed by atoms with Gasteiger partial charge in [-0.05, 0) is 86.6 Å². The third-order valence-corrected chi connectivity index (χ3v) is 9.16. The lowest BCUT2D eigenvalue weighted by Crippen LogP contribution is -2.50. The first-order valence-electron chi connectivity index (χ1n) is 13.3. The second-order valence-electron chi connectivity index (χ2n) is 11.0. The smallest absolute Gasteiger partial charge is 0.387 e. The lowest BCUT2D eigenvalue weighted by atomic mass is 9.80. The molecule has 1 saturated carbocycles. The van der Waals surface area contributed by atoms with Crippen LogP contribution in [0.1, 0.15) is 74.6 Å². The Morgan fingerprint density at radius 2 is 1.84 bits per heavy atom. The van der Waals surface area contributed by atoms with E-state index in [1.807, 2.05) is 6.92 Å². The van der Waals surface area contributed by atoms with Crippen LogP contribution < -0.4 is 9.47 Å². The predicted octanol–water partition coefficient (Wildman–Crippen LogP) is 7.73. The normalized spacial score (nSPS) is 21.4. The molecule has 1 unspecified atom stereocenters. The molecule has 2 fully saturated rings. The maximum atomic E-state index is 13.1. The van der Waals surface area contributed by atoms with Gasteiger partial charge in [0.1, 0.15) is 17.1 Å². The molecule has 2 aliphatic heterocycles. The molecule has 2 heterocycles. The van der Waals surface area contributed by atoms with Gasteiger partial charge in [0, 0.05) is 29.7 Å². The van der Waals surface area contributed by atoms with Crippen molar-refractivity contribution < 1.29 is 28.2 Å². The number of carboxylic acids is 1. The maximum Gasteiger partial charge on any atom is 0.387 e. The van der Waals surface area contributed by atoms with Crippen LogP contribution in [0.4, 0.5) is 8.78 Å². The van der Waals surface area contributed by atoms with Gasteiger partial charge in [-0.25, -0.2) is 0 Å². The summed E-state index contributed by atoms with van der Waals surface area (Å²) in [6, 6.07) is 9.10. The lowest BCUT2D eigenvalue weighted by Gasteiger charge is -2.46. The van der Waals surface area contributed by atoms with E-state index in [1.165, 1.54) is 6.07 Å². The van der Waals surface area contributed by atoms with Crippen molar-refractivity contribution >= 4 is 29.2 Å². The van der Waals surface area contributed by atoms with Gasteiger partial charge in [-0.3, -0.25) is 9.69 Å². The third kappa shape index (κ3) is 5.61. The summed E-state index contributed by atoms with van der Waals surface area (Å²) in [5, 5.41) is 10.1. The van der Waals surface area contributed by atoms with Crippen LogP contribution in [0.5, 0.6) is 11.5 Å². The van der Waals surface area contributed by atoms with Crippen LogP contribution in [-0.4, -0.2) is 41.3 Å². The molecular weight excluding hydrogens is 535 g/mol. The van der Waals surface area contributed by atoms with E-state index >= 15 is 0 Å². The fourth-order valence-corrected chi connectivity index (χ4v) is 6.83. The van der Waals surface area contributed by atoms with Crippen molar-refractivity contribution in [2.24, 2.45) is 11.8 Å². The summed E-state index contributed by atoms with van der Waals surface area (Å²) < 4.78 is 37.6. The monoisotopic (exact) mass is 567 g/mol. The highest BCUT2D eigenvalue weighted by atomic mass is 35.5. The summed E-state index contributed by atoms with van der Waals surface area (Å²) in [4.78, 5) is 14.0. The second-order valence-corrected chi connectivity index (χ2v) is 11.9. The van der Waals surface area contributed by atoms with E-state index in [0.29, 0.717) is 16.5 Å². The zero-order valence-electron chi connectivity index (χ0n) is 21.6. The molecule has 0 aromatic heterocycles. The standard InChI is InChI=1S/C29H33Cl2F2NO4/c1-16(27(35)36)25(19-4-5-19)20-6-3-18-7-8-29(38-24(18)13-20)9-11-34(12-10-29)17(2)22-14-21(30)15-23(31)26(22)37-28(32)33/h3,6,13-17,19,25,28H,4-5,7-12H2,1-2H3,(H,35,36)/t16-,17?,25-/m0/s1. The molecule has 3 aliphatic rings. The Hall–Kier alpha value is -2.09. The minimum absolute atomic E-state index is 0.00357. The van der Waals surface area contributed by atoms with Crippen molar-refractivity contribution in [1.29, 1.82) is 0 Å². The van der Waals surface area contributed by atoms with Crippen molar-refractivity contribution in [3.05, 3.63) is 57.1 Å². The molecule has 2 aromatic rings. The highest BCUT2D eigenvalue weighted by Gasteiger charge is 2.42. The largest absolute Gasteiger partial charge is 0.487 e. The van der Waals surface area contributed by atoms with Crippen LogP contribution in [0.3, 0.4) is 0 Å². The summed E-state index contributed by atoms with van der Waals surface area (Å²) in [6.45, 7) is 2.20. The molecule has 206 valence electrons. The highest BCUT2D eigenvalue weighted by molar-refractivity contribution is 6.35. The molecule has 2 aromatic carbocycles. The van der Waals surface area contributed by atoms with Gasteiger partial charge < -0.3 is 14.6 Å². The van der Waals surface area contributed by atoms with E-state index in [0.717, 1.165) is 68.5 Å². The van der Waals surface area contributed by atoms with Gasteiger partial charge in [0.05, 0.1) is 10.9 Å². The number of alkyl halides is 2. The van der Waals surface area contributed by atoms with Gasteiger partial charge in [0.25, 0.3) is 0 Å². The number of halogens is 4. The fourth-order valence-electron chi connectivity index (χ4n) is 6.28. The van der Waals surface area contributed by atoms with Crippen molar-refractivity contribution in [3.63, 3.8) is 0 Å². The number of benzene rings is 2. The van der Waals surface area contributed by atoms with Crippen LogP contribution in [-0.2, 0) is 11.2 Å². The van der Waals surface area contributed by atoms with Gasteiger partial charge >= 0.3 is 12.6 Å². The van der Waals surface area contributed by atoms with Crippen molar-refractivity contribution in [2.45, 2.75) is 76.5 Å². The van der Waals surface area contributed by atoms with Crippen LogP contribution in [0.2, 0.25) is 10.0 Å². The molecule has 1 spiro atoms. The first-order chi connectivity index (χ1) is 18.1. The predicted molar refractivity (Wildman–Crippen MR) is 143 cm³/mol. The minimum Gasteiger partial charge on any atom is -0.487 e. The molecule has 1 aliphatic carbocycles. The summed E-state index contributed by atoms with van der Waals surface area (Å²) in [5.74, 6) is 0.0441. The molecule has 3 atom stereocenters. The van der Waals surface area contributed by atoms with E-state index in [-0.39, 0.29) is 28.3 Å². The van der Waals surface area contributed by atoms with Crippen LogP contribution in [0.15, 0.2) is 30.3 Å². The van der Waals surface area contributed by atoms with E-state index < -0.39 is 18.5 Å². The molecule has 38 heavy (non-hydrogen) atoms. The summed E-state index contributed by atoms with van der Waals surface area (Å²) in [7, 11) is 0. The van der Waals surface area contributed by atoms with E-state index in [2.05, 4.69) is 23.1 Å². The van der Waals surface area contributed by atoms with E-state index in [1.54, 1.807) is 13.0 Å². The Balaban J connectivity index is 1.31. The number of carboxylic acid groups (broad SMARTS) is 1. The topological polar surface area (TPSA) is 59.0 Å². The van der Waals surface area contributed by atoms with Gasteiger partial charge in [-0.15, -0.1) is 0 Å². The first kappa shape index (κ1) is 27.5. The lowest BCUT2D eigenvalue weighted by molar-refractivity contribution is -0.142. The Kier molecular flexibility index (Phi) is 7.82. The molecule has 0 radical (unpaired) electrons. The number of rotatable bonds is 8. The summed E-state index contributed by atoms with van der Waals surface area (Å²) in [6.07, 6.45) is 5.53. The zero-order valence-corrected chi connectivity index (χ0v) is 23.1. The number of aryl methyl sites for hydroxylation is 1. The van der Waals surface area contributed by atoms with Gasteiger partial charge in [-0.2, -0.15) is 8.78 Å². The number of likely N-dealkylation sites (tertiary alicyclic amines) is 1. The number of ether oxygens (including phenoxy) is 2. The van der Waals surface area contributed by atoms with Crippen LogP contribution in [0.25, 0.3) is 0 Å². The zero-order chi connectivity index (χ0) is 27.2. The first-order valence-corrected chi connectivity index (χ1v) is 14.0. The van der Waals surface area contributed by atoms with E-state index in [9.17, 15) is 18.7 Å². The molecule has 1 N–H and O–H groups in total. The van der Waals surface area contributed by atoms with Crippen LogP contribution in [0, 0.1) is 11.8 Å². The van der Waals surface area contributed by atoms with Crippen molar-refractivity contribution in [2.75, 3.05) is 13.1 Å². The molecule has 1 saturated heterocycles. The van der Waals surface area contributed by atoms with Gasteiger partial charge in [0.2, 0.25) is 0 Å². The SMILES string of the molecule is CC(c1cc(Cl)cc(Cl)c1OC(F)F)N1CCC2(CCc3ccc([C@H](C4CC4)[C@H](C)C(=O)O)cc3O2)CC1. The molecule has 5 rings (SSSR count). The van der Waals surface area contributed by atoms with Crippen molar-refractivity contribution in [3.8, 4) is 11.5 Å². The van der Waals surface area contributed by atoms with Crippen LogP contribution >= 0.6 is 23.2 Å². The number of nitrogens with zero attached hydrogens (tertiary/aromatic N) is 1. The number of hydrogen-bond donors (Lipinski definition) is 1. The number of fused-ring (bicyclic) bond motifs is 1. The minimum atomic E-state index is -2.98. The average molecular weight is 568 g/mol. The van der Waals surface area contributed by atoms with E-state index in [4.69, 9.17) is 32.7 Å². The quantitative estimate of drug-likeness (QED) is 0.353. The number of piperidine rings is 1.